The highest BCUT2D eigenvalue weighted by atomic mass is 35.5. The van der Waals surface area contributed by atoms with Gasteiger partial charge < -0.3 is 15.5 Å². The molecule has 0 saturated carbocycles. The van der Waals surface area contributed by atoms with Crippen molar-refractivity contribution in [2.75, 3.05) is 29.6 Å². The highest BCUT2D eigenvalue weighted by Crippen LogP contribution is 2.24. The third-order valence-electron chi connectivity index (χ3n) is 4.11. The fourth-order valence-corrected chi connectivity index (χ4v) is 2.89. The zero-order valence-electron chi connectivity index (χ0n) is 16.5. The van der Waals surface area contributed by atoms with Gasteiger partial charge in [-0.3, -0.25) is 14.9 Å². The highest BCUT2D eigenvalue weighted by Gasteiger charge is 2.15. The van der Waals surface area contributed by atoms with Crippen LogP contribution in [0.15, 0.2) is 48.5 Å². The lowest BCUT2D eigenvalue weighted by Gasteiger charge is -2.14. The number of rotatable bonds is 6. The van der Waals surface area contributed by atoms with E-state index in [2.05, 4.69) is 20.6 Å². The number of carbonyl (C=O) groups is 1. The first-order valence-corrected chi connectivity index (χ1v) is 9.26. The fourth-order valence-electron chi connectivity index (χ4n) is 2.63. The van der Waals surface area contributed by atoms with E-state index in [0.29, 0.717) is 17.3 Å². The number of benzene rings is 2. The summed E-state index contributed by atoms with van der Waals surface area (Å²) in [6.45, 7) is 1.82. The monoisotopic (exact) mass is 426 g/mol. The minimum absolute atomic E-state index is 0.0100. The number of halogens is 1. The first-order chi connectivity index (χ1) is 14.2. The molecule has 1 heterocycles. The largest absolute Gasteiger partial charge is 0.363 e. The van der Waals surface area contributed by atoms with E-state index in [1.54, 1.807) is 24.3 Å². The van der Waals surface area contributed by atoms with Gasteiger partial charge in [0.15, 0.2) is 0 Å². The Morgan fingerprint density at radius 2 is 1.73 bits per heavy atom. The third-order valence-corrected chi connectivity index (χ3v) is 4.42. The van der Waals surface area contributed by atoms with Crippen molar-refractivity contribution >= 4 is 46.2 Å². The van der Waals surface area contributed by atoms with Gasteiger partial charge in [0, 0.05) is 43.7 Å². The molecule has 1 amide bonds. The van der Waals surface area contributed by atoms with Crippen LogP contribution in [0, 0.1) is 17.0 Å². The summed E-state index contributed by atoms with van der Waals surface area (Å²) in [5.41, 5.74) is 1.30. The minimum atomic E-state index is -0.570. The maximum absolute atomic E-state index is 12.4. The van der Waals surface area contributed by atoms with Crippen molar-refractivity contribution in [3.05, 3.63) is 75.1 Å². The molecule has 0 radical (unpaired) electrons. The number of nitrogens with one attached hydrogen (secondary N) is 2. The molecule has 30 heavy (non-hydrogen) atoms. The van der Waals surface area contributed by atoms with Crippen LogP contribution in [0.5, 0.6) is 0 Å². The molecule has 2 N–H and O–H groups in total. The normalized spacial score (nSPS) is 10.4. The molecule has 0 aliphatic rings. The second-order valence-corrected chi connectivity index (χ2v) is 7.04. The summed E-state index contributed by atoms with van der Waals surface area (Å²) in [4.78, 5) is 33.3. The van der Waals surface area contributed by atoms with Crippen molar-refractivity contribution in [1.29, 1.82) is 0 Å². The van der Waals surface area contributed by atoms with Gasteiger partial charge in [-0.15, -0.1) is 0 Å². The van der Waals surface area contributed by atoms with E-state index in [0.717, 1.165) is 17.6 Å². The van der Waals surface area contributed by atoms with Crippen molar-refractivity contribution in [1.82, 2.24) is 9.97 Å². The number of hydrogen-bond donors (Lipinski definition) is 2. The van der Waals surface area contributed by atoms with Gasteiger partial charge in [0.25, 0.3) is 11.6 Å². The molecular formula is C20H19ClN6O3. The Morgan fingerprint density at radius 3 is 2.33 bits per heavy atom. The van der Waals surface area contributed by atoms with Crippen molar-refractivity contribution in [2.45, 2.75) is 6.92 Å². The molecule has 0 aliphatic heterocycles. The molecule has 154 valence electrons. The average Bonchev–Trinajstić information content (AvgIpc) is 2.68. The molecule has 2 aromatic carbocycles. The third kappa shape index (κ3) is 5.00. The van der Waals surface area contributed by atoms with E-state index < -0.39 is 10.8 Å². The number of carbonyl (C=O) groups excluding carboxylic acids is 1. The second kappa shape index (κ2) is 8.75. The first kappa shape index (κ1) is 21.0. The van der Waals surface area contributed by atoms with E-state index in [9.17, 15) is 14.9 Å². The molecule has 1 aromatic heterocycles. The maximum atomic E-state index is 12.4. The maximum Gasteiger partial charge on any atom is 0.270 e. The Labute approximate surface area is 177 Å². The molecule has 0 aliphatic carbocycles. The predicted octanol–water partition coefficient (Wildman–Crippen LogP) is 4.41. The number of hydrogen-bond acceptors (Lipinski definition) is 7. The lowest BCUT2D eigenvalue weighted by Crippen LogP contribution is -2.13. The number of non-ortho nitro benzene ring substituents is 1. The number of anilines is 4. The van der Waals surface area contributed by atoms with Gasteiger partial charge in [0.1, 0.15) is 17.5 Å². The number of aromatic nitrogens is 2. The molecule has 0 saturated heterocycles. The molecule has 0 unspecified atom stereocenters. The summed E-state index contributed by atoms with van der Waals surface area (Å²) >= 11 is 6.01. The van der Waals surface area contributed by atoms with E-state index in [1.165, 1.54) is 12.1 Å². The van der Waals surface area contributed by atoms with Crippen LogP contribution < -0.4 is 15.5 Å². The fraction of sp³-hybridized carbons (Fsp3) is 0.150. The van der Waals surface area contributed by atoms with Gasteiger partial charge in [-0.25, -0.2) is 9.97 Å². The van der Waals surface area contributed by atoms with Gasteiger partial charge in [-0.2, -0.15) is 0 Å². The molecule has 3 aromatic rings. The summed E-state index contributed by atoms with van der Waals surface area (Å²) in [6.07, 6.45) is 0. The zero-order chi connectivity index (χ0) is 21.8. The standard InChI is InChI=1S/C20H19ClN6O3/c1-12-22-18(11-19(23-12)26(2)3)24-13-4-6-14(7-5-13)25-20(28)16-9-8-15(27(29)30)10-17(16)21/h4-11H,1-3H3,(H,25,28)(H,22,23,24). The van der Waals surface area contributed by atoms with E-state index in [4.69, 9.17) is 11.6 Å². The second-order valence-electron chi connectivity index (χ2n) is 6.63. The lowest BCUT2D eigenvalue weighted by molar-refractivity contribution is -0.384. The van der Waals surface area contributed by atoms with Crippen LogP contribution in [0.1, 0.15) is 16.2 Å². The van der Waals surface area contributed by atoms with Crippen molar-refractivity contribution in [3.63, 3.8) is 0 Å². The van der Waals surface area contributed by atoms with Crippen LogP contribution >= 0.6 is 11.6 Å². The summed E-state index contributed by atoms with van der Waals surface area (Å²) < 4.78 is 0. The smallest absolute Gasteiger partial charge is 0.270 e. The Kier molecular flexibility index (Phi) is 6.12. The number of amides is 1. The van der Waals surface area contributed by atoms with E-state index in [-0.39, 0.29) is 16.3 Å². The molecule has 9 nitrogen and oxygen atoms in total. The molecule has 0 bridgehead atoms. The Bertz CT molecular complexity index is 1100. The highest BCUT2D eigenvalue weighted by molar-refractivity contribution is 6.34. The molecule has 0 spiro atoms. The summed E-state index contributed by atoms with van der Waals surface area (Å²) in [5.74, 6) is 1.62. The molecule has 3 rings (SSSR count). The van der Waals surface area contributed by atoms with Crippen LogP contribution in [0.2, 0.25) is 5.02 Å². The van der Waals surface area contributed by atoms with Gasteiger partial charge in [-0.1, -0.05) is 11.6 Å². The quantitative estimate of drug-likeness (QED) is 0.443. The molecular weight excluding hydrogens is 408 g/mol. The van der Waals surface area contributed by atoms with Crippen molar-refractivity contribution in [3.8, 4) is 0 Å². The summed E-state index contributed by atoms with van der Waals surface area (Å²) in [7, 11) is 3.81. The SMILES string of the molecule is Cc1nc(Nc2ccc(NC(=O)c3ccc([N+](=O)[O-])cc3Cl)cc2)cc(N(C)C)n1. The van der Waals surface area contributed by atoms with Crippen LogP contribution in [-0.4, -0.2) is 34.9 Å². The Morgan fingerprint density at radius 1 is 1.07 bits per heavy atom. The van der Waals surface area contributed by atoms with E-state index >= 15 is 0 Å². The minimum Gasteiger partial charge on any atom is -0.363 e. The molecule has 0 atom stereocenters. The van der Waals surface area contributed by atoms with Crippen molar-refractivity contribution in [2.24, 2.45) is 0 Å². The first-order valence-electron chi connectivity index (χ1n) is 8.88. The summed E-state index contributed by atoms with van der Waals surface area (Å²) in [6, 6.07) is 12.6. The van der Waals surface area contributed by atoms with Crippen molar-refractivity contribution < 1.29 is 9.72 Å². The average molecular weight is 427 g/mol. The number of aryl methyl sites for hydroxylation is 1. The zero-order valence-corrected chi connectivity index (χ0v) is 17.3. The van der Waals surface area contributed by atoms with Crippen LogP contribution in [0.3, 0.4) is 0 Å². The molecule has 0 fully saturated rings. The number of nitrogens with zero attached hydrogens (tertiary/aromatic N) is 4. The number of nitro groups is 1. The van der Waals surface area contributed by atoms with Crippen LogP contribution in [0.4, 0.5) is 28.7 Å². The van der Waals surface area contributed by atoms with Gasteiger partial charge >= 0.3 is 0 Å². The number of nitro benzene ring substituents is 1. The Hall–Kier alpha value is -3.72. The van der Waals surface area contributed by atoms with Crippen LogP contribution in [-0.2, 0) is 0 Å². The Balaban J connectivity index is 1.70. The molecule has 10 heteroatoms. The lowest BCUT2D eigenvalue weighted by atomic mass is 10.2. The van der Waals surface area contributed by atoms with Gasteiger partial charge in [0.2, 0.25) is 0 Å². The summed E-state index contributed by atoms with van der Waals surface area (Å²) in [5, 5.41) is 16.7. The predicted molar refractivity (Wildman–Crippen MR) is 117 cm³/mol. The van der Waals surface area contributed by atoms with Crippen LogP contribution in [0.25, 0.3) is 0 Å². The van der Waals surface area contributed by atoms with Gasteiger partial charge in [0.05, 0.1) is 15.5 Å². The topological polar surface area (TPSA) is 113 Å². The van der Waals surface area contributed by atoms with E-state index in [1.807, 2.05) is 32.0 Å². The van der Waals surface area contributed by atoms with Gasteiger partial charge in [-0.05, 0) is 37.3 Å².